The van der Waals surface area contributed by atoms with Crippen LogP contribution >= 0.6 is 11.6 Å². The molecule has 0 unspecified atom stereocenters. The molecule has 2 aliphatic rings. The smallest absolute Gasteiger partial charge is 0.200 e. The highest BCUT2D eigenvalue weighted by atomic mass is 35.5. The van der Waals surface area contributed by atoms with E-state index in [1.807, 2.05) is 47.5 Å². The van der Waals surface area contributed by atoms with E-state index in [-0.39, 0.29) is 6.04 Å². The van der Waals surface area contributed by atoms with Crippen molar-refractivity contribution in [3.63, 3.8) is 0 Å². The van der Waals surface area contributed by atoms with Crippen LogP contribution in [-0.2, 0) is 5.54 Å². The van der Waals surface area contributed by atoms with Gasteiger partial charge < -0.3 is 0 Å². The van der Waals surface area contributed by atoms with E-state index in [2.05, 4.69) is 71.9 Å². The molecule has 0 amide bonds. The summed E-state index contributed by atoms with van der Waals surface area (Å²) < 4.78 is 0. The van der Waals surface area contributed by atoms with Crippen molar-refractivity contribution >= 4 is 17.3 Å². The molecule has 1 atom stereocenters. The summed E-state index contributed by atoms with van der Waals surface area (Å²) >= 11 is 6.23. The van der Waals surface area contributed by atoms with Gasteiger partial charge in [-0.05, 0) is 52.1 Å². The SMILES string of the molecule is N#CN1[C@@H](c2ccccc2)CC2(c3ccccc3-c3ccccc32)N1c1ccc(Cl)cc1. The largest absolute Gasteiger partial charge is 0.261 e. The number of hydrogen-bond acceptors (Lipinski definition) is 3. The predicted molar refractivity (Wildman–Crippen MR) is 128 cm³/mol. The van der Waals surface area contributed by atoms with Gasteiger partial charge in [-0.1, -0.05) is 90.5 Å². The van der Waals surface area contributed by atoms with Gasteiger partial charge in [0.25, 0.3) is 0 Å². The van der Waals surface area contributed by atoms with Crippen LogP contribution in [0.5, 0.6) is 0 Å². The Hall–Kier alpha value is -3.74. The van der Waals surface area contributed by atoms with E-state index in [9.17, 15) is 5.26 Å². The van der Waals surface area contributed by atoms with Crippen LogP contribution in [0.4, 0.5) is 5.69 Å². The zero-order valence-electron chi connectivity index (χ0n) is 17.3. The van der Waals surface area contributed by atoms with Gasteiger partial charge in [-0.2, -0.15) is 5.26 Å². The van der Waals surface area contributed by atoms with Crippen LogP contribution in [0.15, 0.2) is 103 Å². The summed E-state index contributed by atoms with van der Waals surface area (Å²) in [5.41, 5.74) is 6.51. The Morgan fingerprint density at radius 1 is 0.750 bits per heavy atom. The van der Waals surface area contributed by atoms with Crippen LogP contribution in [0.25, 0.3) is 11.1 Å². The average molecular weight is 434 g/mol. The molecule has 32 heavy (non-hydrogen) atoms. The Labute approximate surface area is 192 Å². The van der Waals surface area contributed by atoms with Crippen molar-refractivity contribution < 1.29 is 0 Å². The zero-order chi connectivity index (χ0) is 21.7. The number of hydrogen-bond donors (Lipinski definition) is 0. The summed E-state index contributed by atoms with van der Waals surface area (Å²) in [7, 11) is 0. The molecule has 4 heteroatoms. The van der Waals surface area contributed by atoms with E-state index in [4.69, 9.17) is 11.6 Å². The van der Waals surface area contributed by atoms with Crippen LogP contribution in [-0.4, -0.2) is 5.01 Å². The molecule has 0 N–H and O–H groups in total. The maximum atomic E-state index is 10.4. The number of rotatable bonds is 2. The first-order chi connectivity index (χ1) is 15.7. The molecular weight excluding hydrogens is 414 g/mol. The van der Waals surface area contributed by atoms with Gasteiger partial charge in [0.15, 0.2) is 0 Å². The van der Waals surface area contributed by atoms with Crippen LogP contribution in [0.2, 0.25) is 5.02 Å². The Morgan fingerprint density at radius 2 is 1.31 bits per heavy atom. The summed E-state index contributed by atoms with van der Waals surface area (Å²) in [5.74, 6) is 0. The second-order valence-electron chi connectivity index (χ2n) is 8.31. The summed E-state index contributed by atoms with van der Waals surface area (Å²) in [5, 5.41) is 15.1. The van der Waals surface area contributed by atoms with E-state index < -0.39 is 5.54 Å². The average Bonchev–Trinajstić information content (AvgIpc) is 3.34. The number of benzene rings is 4. The van der Waals surface area contributed by atoms with Crippen molar-refractivity contribution in [1.29, 1.82) is 5.26 Å². The molecule has 0 aromatic heterocycles. The molecule has 4 aromatic carbocycles. The molecule has 4 aromatic rings. The number of halogens is 1. The monoisotopic (exact) mass is 433 g/mol. The maximum Gasteiger partial charge on any atom is 0.200 e. The third-order valence-corrected chi connectivity index (χ3v) is 7.01. The molecule has 0 bridgehead atoms. The highest BCUT2D eigenvalue weighted by Gasteiger charge is 2.57. The van der Waals surface area contributed by atoms with Gasteiger partial charge in [0.05, 0.1) is 11.7 Å². The van der Waals surface area contributed by atoms with Crippen molar-refractivity contribution in [3.05, 3.63) is 125 Å². The minimum Gasteiger partial charge on any atom is -0.261 e. The van der Waals surface area contributed by atoms with Crippen molar-refractivity contribution in [2.24, 2.45) is 0 Å². The topological polar surface area (TPSA) is 30.3 Å². The van der Waals surface area contributed by atoms with Gasteiger partial charge in [-0.25, -0.2) is 5.01 Å². The lowest BCUT2D eigenvalue weighted by atomic mass is 9.81. The van der Waals surface area contributed by atoms with Gasteiger partial charge in [0, 0.05) is 11.4 Å². The quantitative estimate of drug-likeness (QED) is 0.321. The fourth-order valence-electron chi connectivity index (χ4n) is 5.50. The molecule has 0 saturated carbocycles. The van der Waals surface area contributed by atoms with E-state index in [0.29, 0.717) is 5.02 Å². The van der Waals surface area contributed by atoms with Crippen molar-refractivity contribution in [3.8, 4) is 17.3 Å². The lowest BCUT2D eigenvalue weighted by Gasteiger charge is -2.40. The fourth-order valence-corrected chi connectivity index (χ4v) is 5.63. The summed E-state index contributed by atoms with van der Waals surface area (Å²) in [6.45, 7) is 0. The van der Waals surface area contributed by atoms with Crippen molar-refractivity contribution in [1.82, 2.24) is 5.01 Å². The first-order valence-electron chi connectivity index (χ1n) is 10.7. The normalized spacial score (nSPS) is 17.8. The third-order valence-electron chi connectivity index (χ3n) is 6.75. The summed E-state index contributed by atoms with van der Waals surface area (Å²) in [6, 6.07) is 35.2. The number of nitriles is 1. The first kappa shape index (κ1) is 19.0. The molecule has 0 radical (unpaired) electrons. The Bertz CT molecular complexity index is 1300. The molecule has 154 valence electrons. The molecule has 1 heterocycles. The first-order valence-corrected chi connectivity index (χ1v) is 11.1. The standard InChI is InChI=1S/C28H20ClN3/c29-21-14-16-22(17-15-21)32-28(18-27(31(32)19-30)20-8-2-1-3-9-20)25-12-6-4-10-23(25)24-11-5-7-13-26(24)28/h1-17,27H,18H2/t27-/m1/s1. The number of fused-ring (bicyclic) bond motifs is 5. The van der Waals surface area contributed by atoms with E-state index >= 15 is 0 Å². The predicted octanol–water partition coefficient (Wildman–Crippen LogP) is 6.91. The Kier molecular flexibility index (Phi) is 4.24. The van der Waals surface area contributed by atoms with E-state index in [1.165, 1.54) is 22.3 Å². The Morgan fingerprint density at radius 3 is 1.91 bits per heavy atom. The van der Waals surface area contributed by atoms with Gasteiger partial charge >= 0.3 is 0 Å². The summed E-state index contributed by atoms with van der Waals surface area (Å²) in [4.78, 5) is 0. The molecule has 1 saturated heterocycles. The van der Waals surface area contributed by atoms with E-state index in [1.54, 1.807) is 0 Å². The van der Waals surface area contributed by atoms with Crippen molar-refractivity contribution in [2.75, 3.05) is 5.01 Å². The molecule has 1 fully saturated rings. The Balaban J connectivity index is 1.67. The maximum absolute atomic E-state index is 10.4. The second-order valence-corrected chi connectivity index (χ2v) is 8.75. The van der Waals surface area contributed by atoms with Gasteiger partial charge in [0.2, 0.25) is 6.19 Å². The summed E-state index contributed by atoms with van der Waals surface area (Å²) in [6.07, 6.45) is 3.28. The second kappa shape index (κ2) is 7.15. The molecular formula is C28H20ClN3. The third kappa shape index (κ3) is 2.54. The molecule has 1 aliphatic heterocycles. The zero-order valence-corrected chi connectivity index (χ0v) is 18.1. The van der Waals surface area contributed by atoms with Crippen LogP contribution in [0, 0.1) is 11.5 Å². The highest BCUT2D eigenvalue weighted by molar-refractivity contribution is 6.30. The minimum atomic E-state index is -0.489. The highest BCUT2D eigenvalue weighted by Crippen LogP contribution is 2.60. The molecule has 3 nitrogen and oxygen atoms in total. The van der Waals surface area contributed by atoms with E-state index in [0.717, 1.165) is 17.7 Å². The lowest BCUT2D eigenvalue weighted by molar-refractivity contribution is 0.334. The van der Waals surface area contributed by atoms with Crippen molar-refractivity contribution in [2.45, 2.75) is 18.0 Å². The van der Waals surface area contributed by atoms with Crippen LogP contribution in [0.3, 0.4) is 0 Å². The molecule has 1 aliphatic carbocycles. The lowest BCUT2D eigenvalue weighted by Crippen LogP contribution is -2.46. The number of anilines is 1. The molecule has 1 spiro atoms. The number of hydrazine groups is 1. The molecule has 6 rings (SSSR count). The van der Waals surface area contributed by atoms with Gasteiger partial charge in [-0.3, -0.25) is 5.01 Å². The minimum absolute atomic E-state index is 0.0870. The van der Waals surface area contributed by atoms with Crippen LogP contribution in [0.1, 0.15) is 29.2 Å². The van der Waals surface area contributed by atoms with Gasteiger partial charge in [-0.15, -0.1) is 0 Å². The fraction of sp³-hybridized carbons (Fsp3) is 0.107. The number of nitrogens with zero attached hydrogens (tertiary/aromatic N) is 3. The van der Waals surface area contributed by atoms with Crippen LogP contribution < -0.4 is 5.01 Å². The van der Waals surface area contributed by atoms with Gasteiger partial charge in [0.1, 0.15) is 5.54 Å².